The lowest BCUT2D eigenvalue weighted by Gasteiger charge is -2.27. The van der Waals surface area contributed by atoms with Crippen molar-refractivity contribution in [3.8, 4) is 0 Å². The molecule has 6 heteroatoms. The molecule has 0 unspecified atom stereocenters. The van der Waals surface area contributed by atoms with Crippen LogP contribution in [0.5, 0.6) is 0 Å². The van der Waals surface area contributed by atoms with Crippen LogP contribution in [0.1, 0.15) is 18.9 Å². The smallest absolute Gasteiger partial charge is 0.328 e. The van der Waals surface area contributed by atoms with E-state index in [2.05, 4.69) is 33.5 Å². The van der Waals surface area contributed by atoms with Gasteiger partial charge >= 0.3 is 6.03 Å². The van der Waals surface area contributed by atoms with Crippen LogP contribution in [0.2, 0.25) is 0 Å². The molecule has 2 N–H and O–H groups in total. The molecule has 6 nitrogen and oxygen atoms in total. The van der Waals surface area contributed by atoms with Crippen LogP contribution in [0, 0.1) is 0 Å². The van der Waals surface area contributed by atoms with Gasteiger partial charge in [-0.2, -0.15) is 0 Å². The lowest BCUT2D eigenvalue weighted by atomic mass is 10.1. The molecule has 0 radical (unpaired) electrons. The van der Waals surface area contributed by atoms with E-state index in [1.165, 1.54) is 0 Å². The van der Waals surface area contributed by atoms with Gasteiger partial charge in [0.2, 0.25) is 5.91 Å². The fourth-order valence-electron chi connectivity index (χ4n) is 3.40. The lowest BCUT2D eigenvalue weighted by molar-refractivity contribution is -0.120. The Bertz CT molecular complexity index is 746. The van der Waals surface area contributed by atoms with Gasteiger partial charge in [0.25, 0.3) is 0 Å². The van der Waals surface area contributed by atoms with Crippen LogP contribution in [-0.2, 0) is 4.79 Å². The largest absolute Gasteiger partial charge is 0.343 e. The number of hydrogen-bond acceptors (Lipinski definition) is 3. The second kappa shape index (κ2) is 5.14. The normalized spacial score (nSPS) is 22.4. The first kappa shape index (κ1) is 13.3. The number of aromatic nitrogens is 1. The zero-order valence-electron chi connectivity index (χ0n) is 12.2. The van der Waals surface area contributed by atoms with Gasteiger partial charge in [-0.1, -0.05) is 6.07 Å². The van der Waals surface area contributed by atoms with Crippen LogP contribution < -0.4 is 15.5 Å². The SMILES string of the molecule is O=C1CCN(c2cccc3c2ccn3[C@@H]2CCNC2)C(=O)N1. The fraction of sp³-hybridized carbons (Fsp3) is 0.375. The average molecular weight is 298 g/mol. The van der Waals surface area contributed by atoms with Crippen LogP contribution in [0.25, 0.3) is 10.9 Å². The molecule has 1 aromatic heterocycles. The summed E-state index contributed by atoms with van der Waals surface area (Å²) in [6.07, 6.45) is 3.56. The molecule has 0 bridgehead atoms. The van der Waals surface area contributed by atoms with Crippen molar-refractivity contribution in [1.82, 2.24) is 15.2 Å². The predicted molar refractivity (Wildman–Crippen MR) is 84.0 cm³/mol. The summed E-state index contributed by atoms with van der Waals surface area (Å²) in [5, 5.41) is 6.82. The summed E-state index contributed by atoms with van der Waals surface area (Å²) < 4.78 is 2.28. The molecule has 0 spiro atoms. The van der Waals surface area contributed by atoms with Gasteiger partial charge in [-0.25, -0.2) is 4.79 Å². The Kier molecular flexibility index (Phi) is 3.11. The molecule has 3 heterocycles. The first-order chi connectivity index (χ1) is 10.7. The minimum absolute atomic E-state index is 0.206. The number of rotatable bonds is 2. The Morgan fingerprint density at radius 1 is 1.18 bits per heavy atom. The second-order valence-corrected chi connectivity index (χ2v) is 5.83. The molecule has 2 fully saturated rings. The van der Waals surface area contributed by atoms with Crippen molar-refractivity contribution in [2.75, 3.05) is 24.5 Å². The molecular weight excluding hydrogens is 280 g/mol. The maximum Gasteiger partial charge on any atom is 0.328 e. The third kappa shape index (κ3) is 2.07. The fourth-order valence-corrected chi connectivity index (χ4v) is 3.40. The maximum atomic E-state index is 12.1. The maximum absolute atomic E-state index is 12.1. The number of amides is 3. The highest BCUT2D eigenvalue weighted by molar-refractivity contribution is 6.09. The number of fused-ring (bicyclic) bond motifs is 1. The van der Waals surface area contributed by atoms with E-state index in [-0.39, 0.29) is 11.9 Å². The molecule has 2 aromatic rings. The van der Waals surface area contributed by atoms with Crippen LogP contribution >= 0.6 is 0 Å². The third-order valence-electron chi connectivity index (χ3n) is 4.51. The number of hydrogen-bond donors (Lipinski definition) is 2. The number of anilines is 1. The molecule has 4 rings (SSSR count). The summed E-state index contributed by atoms with van der Waals surface area (Å²) in [5.74, 6) is -0.206. The van der Waals surface area contributed by atoms with Gasteiger partial charge in [-0.3, -0.25) is 15.0 Å². The number of carbonyl (C=O) groups excluding carboxylic acids is 2. The van der Waals surface area contributed by atoms with Gasteiger partial charge in [0.05, 0.1) is 11.2 Å². The van der Waals surface area contributed by atoms with E-state index in [4.69, 9.17) is 0 Å². The highest BCUT2D eigenvalue weighted by Gasteiger charge is 2.26. The lowest BCUT2D eigenvalue weighted by Crippen LogP contribution is -2.49. The number of nitrogens with one attached hydrogen (secondary N) is 2. The molecular formula is C16H18N4O2. The van der Waals surface area contributed by atoms with E-state index in [0.29, 0.717) is 19.0 Å². The molecule has 1 aromatic carbocycles. The van der Waals surface area contributed by atoms with Gasteiger partial charge in [0, 0.05) is 37.1 Å². The van der Waals surface area contributed by atoms with Crippen molar-refractivity contribution in [2.45, 2.75) is 18.9 Å². The second-order valence-electron chi connectivity index (χ2n) is 5.83. The van der Waals surface area contributed by atoms with E-state index in [1.807, 2.05) is 12.1 Å². The Balaban J connectivity index is 1.76. The molecule has 2 aliphatic rings. The van der Waals surface area contributed by atoms with Gasteiger partial charge < -0.3 is 9.88 Å². The van der Waals surface area contributed by atoms with Crippen molar-refractivity contribution in [1.29, 1.82) is 0 Å². The van der Waals surface area contributed by atoms with E-state index in [0.717, 1.165) is 36.1 Å². The Labute approximate surface area is 128 Å². The monoisotopic (exact) mass is 298 g/mol. The van der Waals surface area contributed by atoms with Crippen molar-refractivity contribution in [2.24, 2.45) is 0 Å². The quantitative estimate of drug-likeness (QED) is 0.885. The Hall–Kier alpha value is -2.34. The summed E-state index contributed by atoms with van der Waals surface area (Å²) >= 11 is 0. The summed E-state index contributed by atoms with van der Waals surface area (Å²) in [4.78, 5) is 25.1. The molecule has 0 aliphatic carbocycles. The van der Waals surface area contributed by atoms with E-state index in [1.54, 1.807) is 4.90 Å². The van der Waals surface area contributed by atoms with Gasteiger partial charge in [0.15, 0.2) is 0 Å². The van der Waals surface area contributed by atoms with Crippen LogP contribution in [0.3, 0.4) is 0 Å². The molecule has 2 aliphatic heterocycles. The van der Waals surface area contributed by atoms with Crippen LogP contribution in [-0.4, -0.2) is 36.1 Å². The number of nitrogens with zero attached hydrogens (tertiary/aromatic N) is 2. The highest BCUT2D eigenvalue weighted by atomic mass is 16.2. The van der Waals surface area contributed by atoms with Crippen molar-refractivity contribution in [3.63, 3.8) is 0 Å². The Morgan fingerprint density at radius 3 is 2.86 bits per heavy atom. The third-order valence-corrected chi connectivity index (χ3v) is 4.51. The van der Waals surface area contributed by atoms with Gasteiger partial charge in [-0.15, -0.1) is 0 Å². The summed E-state index contributed by atoms with van der Waals surface area (Å²) in [6.45, 7) is 2.45. The van der Waals surface area contributed by atoms with E-state index < -0.39 is 0 Å². The number of urea groups is 1. The average Bonchev–Trinajstić information content (AvgIpc) is 3.16. The van der Waals surface area contributed by atoms with Crippen LogP contribution in [0.4, 0.5) is 10.5 Å². The predicted octanol–water partition coefficient (Wildman–Crippen LogP) is 1.62. The summed E-state index contributed by atoms with van der Waals surface area (Å²) in [5.41, 5.74) is 2.00. The standard InChI is InChI=1S/C16H18N4O2/c21-15-6-9-20(16(22)18-15)14-3-1-2-13-12(14)5-8-19(13)11-4-7-17-10-11/h1-3,5,8,11,17H,4,6-7,9-10H2,(H,18,21,22)/t11-/m1/s1. The minimum atomic E-state index is -0.334. The number of carbonyl (C=O) groups is 2. The van der Waals surface area contributed by atoms with E-state index in [9.17, 15) is 9.59 Å². The van der Waals surface area contributed by atoms with E-state index >= 15 is 0 Å². The van der Waals surface area contributed by atoms with Crippen molar-refractivity contribution in [3.05, 3.63) is 30.5 Å². The molecule has 114 valence electrons. The molecule has 2 saturated heterocycles. The first-order valence-electron chi connectivity index (χ1n) is 7.65. The number of imide groups is 1. The topological polar surface area (TPSA) is 66.4 Å². The zero-order valence-corrected chi connectivity index (χ0v) is 12.2. The van der Waals surface area contributed by atoms with Gasteiger partial charge in [0.1, 0.15) is 0 Å². The molecule has 3 amide bonds. The van der Waals surface area contributed by atoms with Crippen molar-refractivity contribution < 1.29 is 9.59 Å². The molecule has 1 atom stereocenters. The number of benzene rings is 1. The minimum Gasteiger partial charge on any atom is -0.343 e. The Morgan fingerprint density at radius 2 is 2.09 bits per heavy atom. The highest BCUT2D eigenvalue weighted by Crippen LogP contribution is 2.31. The van der Waals surface area contributed by atoms with Crippen molar-refractivity contribution >= 4 is 28.5 Å². The molecule has 22 heavy (non-hydrogen) atoms. The van der Waals surface area contributed by atoms with Crippen LogP contribution in [0.15, 0.2) is 30.5 Å². The first-order valence-corrected chi connectivity index (χ1v) is 7.65. The zero-order chi connectivity index (χ0) is 15.1. The summed E-state index contributed by atoms with van der Waals surface area (Å²) in [6, 6.07) is 8.19. The summed E-state index contributed by atoms with van der Waals surface area (Å²) in [7, 11) is 0. The van der Waals surface area contributed by atoms with Gasteiger partial charge in [-0.05, 0) is 31.2 Å². The molecule has 0 saturated carbocycles.